The van der Waals surface area contributed by atoms with Crippen molar-refractivity contribution in [3.8, 4) is 0 Å². The predicted molar refractivity (Wildman–Crippen MR) is 76.3 cm³/mol. The Labute approximate surface area is 121 Å². The van der Waals surface area contributed by atoms with Gasteiger partial charge in [-0.1, -0.05) is 12.1 Å². The van der Waals surface area contributed by atoms with Crippen molar-refractivity contribution in [3.05, 3.63) is 51.7 Å². The Kier molecular flexibility index (Phi) is 5.24. The number of benzene rings is 1. The van der Waals surface area contributed by atoms with Gasteiger partial charge in [-0.05, 0) is 24.6 Å². The second-order valence-electron chi connectivity index (χ2n) is 4.34. The van der Waals surface area contributed by atoms with Gasteiger partial charge in [0.2, 0.25) is 0 Å². The van der Waals surface area contributed by atoms with Crippen LogP contribution in [0.25, 0.3) is 0 Å². The van der Waals surface area contributed by atoms with Crippen LogP contribution in [0.4, 0.5) is 4.39 Å². The van der Waals surface area contributed by atoms with Crippen molar-refractivity contribution in [3.63, 3.8) is 0 Å². The molecule has 0 unspecified atom stereocenters. The highest BCUT2D eigenvalue weighted by molar-refractivity contribution is 7.09. The lowest BCUT2D eigenvalue weighted by Crippen LogP contribution is -2.05. The van der Waals surface area contributed by atoms with Crippen LogP contribution >= 0.6 is 11.3 Å². The van der Waals surface area contributed by atoms with Gasteiger partial charge in [0.25, 0.3) is 0 Å². The minimum Gasteiger partial charge on any atom is -0.466 e. The van der Waals surface area contributed by atoms with Gasteiger partial charge in [-0.2, -0.15) is 0 Å². The lowest BCUT2D eigenvalue weighted by atomic mass is 10.1. The first-order chi connectivity index (χ1) is 9.67. The van der Waals surface area contributed by atoms with Crippen LogP contribution < -0.4 is 0 Å². The summed E-state index contributed by atoms with van der Waals surface area (Å²) in [6.07, 6.45) is 1.64. The fourth-order valence-corrected chi connectivity index (χ4v) is 2.65. The van der Waals surface area contributed by atoms with Crippen LogP contribution in [0.5, 0.6) is 0 Å². The van der Waals surface area contributed by atoms with E-state index in [2.05, 4.69) is 4.98 Å². The van der Waals surface area contributed by atoms with Crippen LogP contribution in [0.1, 0.15) is 29.6 Å². The summed E-state index contributed by atoms with van der Waals surface area (Å²) in [5.41, 5.74) is 1.93. The van der Waals surface area contributed by atoms with Crippen molar-refractivity contribution in [2.24, 2.45) is 0 Å². The first-order valence-electron chi connectivity index (χ1n) is 6.50. The van der Waals surface area contributed by atoms with Crippen LogP contribution in [0.3, 0.4) is 0 Å². The molecular weight excluding hydrogens is 277 g/mol. The highest BCUT2D eigenvalue weighted by Crippen LogP contribution is 2.16. The summed E-state index contributed by atoms with van der Waals surface area (Å²) in [5.74, 6) is -0.427. The van der Waals surface area contributed by atoms with Crippen molar-refractivity contribution in [1.82, 2.24) is 4.98 Å². The standard InChI is InChI=1S/C15H16FNO2S/c1-2-19-15(18)8-7-13-10-20-14(17-13)9-11-3-5-12(16)6-4-11/h3-6,10H,2,7-9H2,1H3. The molecule has 0 atom stereocenters. The second-order valence-corrected chi connectivity index (χ2v) is 5.28. The van der Waals surface area contributed by atoms with Crippen molar-refractivity contribution in [2.45, 2.75) is 26.2 Å². The number of aromatic nitrogens is 1. The zero-order chi connectivity index (χ0) is 14.4. The number of hydrogen-bond donors (Lipinski definition) is 0. The molecule has 1 aromatic carbocycles. The molecule has 0 aliphatic rings. The Bertz CT molecular complexity index is 566. The van der Waals surface area contributed by atoms with E-state index in [1.165, 1.54) is 12.1 Å². The number of carbonyl (C=O) groups excluding carboxylic acids is 1. The number of halogens is 1. The van der Waals surface area contributed by atoms with Crippen molar-refractivity contribution >= 4 is 17.3 Å². The average molecular weight is 293 g/mol. The Morgan fingerprint density at radius 2 is 2.10 bits per heavy atom. The highest BCUT2D eigenvalue weighted by Gasteiger charge is 2.07. The fourth-order valence-electron chi connectivity index (χ4n) is 1.79. The number of nitrogens with zero attached hydrogens (tertiary/aromatic N) is 1. The second kappa shape index (κ2) is 7.14. The van der Waals surface area contributed by atoms with E-state index in [9.17, 15) is 9.18 Å². The number of aryl methyl sites for hydroxylation is 1. The summed E-state index contributed by atoms with van der Waals surface area (Å²) in [4.78, 5) is 15.7. The molecule has 106 valence electrons. The van der Waals surface area contributed by atoms with Gasteiger partial charge in [0, 0.05) is 18.2 Å². The topological polar surface area (TPSA) is 39.2 Å². The number of ether oxygens (including phenoxy) is 1. The number of carbonyl (C=O) groups is 1. The molecule has 0 fully saturated rings. The van der Waals surface area contributed by atoms with Gasteiger partial charge in [-0.25, -0.2) is 9.37 Å². The molecule has 0 bridgehead atoms. The van der Waals surface area contributed by atoms with Gasteiger partial charge in [0.05, 0.1) is 23.7 Å². The van der Waals surface area contributed by atoms with Gasteiger partial charge >= 0.3 is 5.97 Å². The third-order valence-corrected chi connectivity index (χ3v) is 3.66. The Hall–Kier alpha value is -1.75. The maximum absolute atomic E-state index is 12.8. The number of rotatable bonds is 6. The first-order valence-corrected chi connectivity index (χ1v) is 7.38. The van der Waals surface area contributed by atoms with Crippen molar-refractivity contribution in [2.75, 3.05) is 6.61 Å². The summed E-state index contributed by atoms with van der Waals surface area (Å²) in [5, 5.41) is 2.92. The zero-order valence-electron chi connectivity index (χ0n) is 11.3. The van der Waals surface area contributed by atoms with Gasteiger partial charge < -0.3 is 4.74 Å². The third kappa shape index (κ3) is 4.42. The Morgan fingerprint density at radius 1 is 1.35 bits per heavy atom. The lowest BCUT2D eigenvalue weighted by molar-refractivity contribution is -0.143. The van der Waals surface area contributed by atoms with E-state index in [0.29, 0.717) is 25.9 Å². The lowest BCUT2D eigenvalue weighted by Gasteiger charge is -1.99. The Morgan fingerprint density at radius 3 is 2.80 bits per heavy atom. The van der Waals surface area contributed by atoms with Gasteiger partial charge in [0.1, 0.15) is 5.82 Å². The van der Waals surface area contributed by atoms with Gasteiger partial charge in [0.15, 0.2) is 0 Å². The monoisotopic (exact) mass is 293 g/mol. The van der Waals surface area contributed by atoms with E-state index in [1.807, 2.05) is 5.38 Å². The van der Waals surface area contributed by atoms with Crippen molar-refractivity contribution < 1.29 is 13.9 Å². The van der Waals surface area contributed by atoms with Gasteiger partial charge in [-0.3, -0.25) is 4.79 Å². The molecule has 20 heavy (non-hydrogen) atoms. The maximum atomic E-state index is 12.8. The summed E-state index contributed by atoms with van der Waals surface area (Å²) in [7, 11) is 0. The van der Waals surface area contributed by atoms with Crippen LogP contribution in [0, 0.1) is 5.82 Å². The SMILES string of the molecule is CCOC(=O)CCc1csc(Cc2ccc(F)cc2)n1. The third-order valence-electron chi connectivity index (χ3n) is 2.76. The summed E-state index contributed by atoms with van der Waals surface area (Å²) in [6.45, 7) is 2.20. The molecule has 0 aliphatic heterocycles. The number of esters is 1. The van der Waals surface area contributed by atoms with Crippen LogP contribution in [-0.2, 0) is 22.4 Å². The smallest absolute Gasteiger partial charge is 0.306 e. The number of hydrogen-bond acceptors (Lipinski definition) is 4. The van der Waals surface area contributed by atoms with Gasteiger partial charge in [-0.15, -0.1) is 11.3 Å². The molecule has 2 aromatic rings. The van der Waals surface area contributed by atoms with Crippen LogP contribution in [0.2, 0.25) is 0 Å². The van der Waals surface area contributed by atoms with E-state index in [4.69, 9.17) is 4.74 Å². The average Bonchev–Trinajstić information content (AvgIpc) is 2.87. The van der Waals surface area contributed by atoms with E-state index in [1.54, 1.807) is 30.4 Å². The molecule has 1 heterocycles. The zero-order valence-corrected chi connectivity index (χ0v) is 12.1. The predicted octanol–water partition coefficient (Wildman–Crippen LogP) is 3.37. The minimum atomic E-state index is -0.233. The van der Waals surface area contributed by atoms with E-state index >= 15 is 0 Å². The molecule has 0 saturated heterocycles. The molecule has 0 N–H and O–H groups in total. The fraction of sp³-hybridized carbons (Fsp3) is 0.333. The molecule has 0 saturated carbocycles. The van der Waals surface area contributed by atoms with Crippen LogP contribution in [-0.4, -0.2) is 17.6 Å². The molecule has 1 aromatic heterocycles. The largest absolute Gasteiger partial charge is 0.466 e. The Balaban J connectivity index is 1.88. The molecule has 0 amide bonds. The highest BCUT2D eigenvalue weighted by atomic mass is 32.1. The minimum absolute atomic E-state index is 0.194. The normalized spacial score (nSPS) is 10.5. The van der Waals surface area contributed by atoms with E-state index in [-0.39, 0.29) is 11.8 Å². The maximum Gasteiger partial charge on any atom is 0.306 e. The summed E-state index contributed by atoms with van der Waals surface area (Å²) in [6, 6.07) is 6.42. The van der Waals surface area contributed by atoms with Crippen LogP contribution in [0.15, 0.2) is 29.6 Å². The summed E-state index contributed by atoms with van der Waals surface area (Å²) < 4.78 is 17.7. The van der Waals surface area contributed by atoms with E-state index in [0.717, 1.165) is 16.3 Å². The number of thiazole rings is 1. The molecular formula is C15H16FNO2S. The molecule has 2 rings (SSSR count). The van der Waals surface area contributed by atoms with Crippen molar-refractivity contribution in [1.29, 1.82) is 0 Å². The molecule has 5 heteroatoms. The summed E-state index contributed by atoms with van der Waals surface area (Å²) >= 11 is 1.56. The molecule has 0 radical (unpaired) electrons. The molecule has 0 spiro atoms. The first kappa shape index (κ1) is 14.7. The quantitative estimate of drug-likeness (QED) is 0.767. The molecule has 3 nitrogen and oxygen atoms in total. The van der Waals surface area contributed by atoms with E-state index < -0.39 is 0 Å². The molecule has 0 aliphatic carbocycles.